The zero-order valence-corrected chi connectivity index (χ0v) is 9.18. The van der Waals surface area contributed by atoms with E-state index in [1.807, 2.05) is 0 Å². The summed E-state index contributed by atoms with van der Waals surface area (Å²) >= 11 is 0. The summed E-state index contributed by atoms with van der Waals surface area (Å²) in [5.74, 6) is 0. The van der Waals surface area contributed by atoms with E-state index in [2.05, 4.69) is 24.1 Å². The molecule has 0 aromatic carbocycles. The number of hydrogen-bond acceptors (Lipinski definition) is 2. The zero-order valence-electron chi connectivity index (χ0n) is 9.18. The molecule has 1 heterocycles. The monoisotopic (exact) mass is 184 g/mol. The van der Waals surface area contributed by atoms with Crippen LogP contribution < -0.4 is 5.32 Å². The van der Waals surface area contributed by atoms with Crippen LogP contribution >= 0.6 is 0 Å². The Balaban J connectivity index is 1.83. The highest BCUT2D eigenvalue weighted by Crippen LogP contribution is 2.07. The molecule has 0 unspecified atom stereocenters. The van der Waals surface area contributed by atoms with Crippen molar-refractivity contribution in [1.29, 1.82) is 0 Å². The maximum absolute atomic E-state index is 3.45. The van der Waals surface area contributed by atoms with Gasteiger partial charge in [-0.2, -0.15) is 0 Å². The van der Waals surface area contributed by atoms with Crippen LogP contribution in [0.3, 0.4) is 0 Å². The highest BCUT2D eigenvalue weighted by Gasteiger charge is 2.09. The molecule has 0 radical (unpaired) electrons. The Morgan fingerprint density at radius 1 is 1.15 bits per heavy atom. The lowest BCUT2D eigenvalue weighted by molar-refractivity contribution is 0.328. The first-order chi connectivity index (χ1) is 6.29. The van der Waals surface area contributed by atoms with Gasteiger partial charge in [0, 0.05) is 6.04 Å². The van der Waals surface area contributed by atoms with Gasteiger partial charge in [0.15, 0.2) is 0 Å². The van der Waals surface area contributed by atoms with Gasteiger partial charge in [-0.25, -0.2) is 0 Å². The van der Waals surface area contributed by atoms with Gasteiger partial charge >= 0.3 is 0 Å². The normalized spacial score (nSPS) is 18.7. The Hall–Kier alpha value is -0.0800. The van der Waals surface area contributed by atoms with E-state index in [9.17, 15) is 0 Å². The number of hydrogen-bond donors (Lipinski definition) is 1. The molecular formula is C11H24N2. The van der Waals surface area contributed by atoms with Gasteiger partial charge in [0.2, 0.25) is 0 Å². The molecule has 1 aliphatic heterocycles. The van der Waals surface area contributed by atoms with Gasteiger partial charge in [-0.15, -0.1) is 0 Å². The lowest BCUT2D eigenvalue weighted by Gasteiger charge is -2.14. The predicted octanol–water partition coefficient (Wildman–Crippen LogP) is 1.86. The molecule has 1 rings (SSSR count). The van der Waals surface area contributed by atoms with Crippen LogP contribution in [0, 0.1) is 0 Å². The van der Waals surface area contributed by atoms with E-state index in [4.69, 9.17) is 0 Å². The van der Waals surface area contributed by atoms with Crippen LogP contribution in [0.5, 0.6) is 0 Å². The lowest BCUT2D eigenvalue weighted by Crippen LogP contribution is -2.25. The summed E-state index contributed by atoms with van der Waals surface area (Å²) in [6, 6.07) is 0.645. The molecule has 0 bridgehead atoms. The Bertz CT molecular complexity index is 117. The molecule has 2 heteroatoms. The van der Waals surface area contributed by atoms with E-state index in [0.717, 1.165) is 0 Å². The lowest BCUT2D eigenvalue weighted by atomic mass is 10.3. The first kappa shape index (κ1) is 11.0. The highest BCUT2D eigenvalue weighted by atomic mass is 15.1. The molecule has 0 saturated carbocycles. The second-order valence-corrected chi connectivity index (χ2v) is 4.36. The average Bonchev–Trinajstić information content (AvgIpc) is 2.55. The van der Waals surface area contributed by atoms with Crippen molar-refractivity contribution in [2.24, 2.45) is 0 Å². The van der Waals surface area contributed by atoms with E-state index >= 15 is 0 Å². The van der Waals surface area contributed by atoms with Crippen molar-refractivity contribution < 1.29 is 0 Å². The van der Waals surface area contributed by atoms with Gasteiger partial charge in [0.25, 0.3) is 0 Å². The van der Waals surface area contributed by atoms with Gasteiger partial charge in [0.05, 0.1) is 0 Å². The summed E-state index contributed by atoms with van der Waals surface area (Å²) < 4.78 is 0. The van der Waals surface area contributed by atoms with E-state index in [1.54, 1.807) is 0 Å². The summed E-state index contributed by atoms with van der Waals surface area (Å²) in [6.07, 6.45) is 5.53. The molecular weight excluding hydrogens is 160 g/mol. The van der Waals surface area contributed by atoms with Crippen LogP contribution in [0.25, 0.3) is 0 Å². The van der Waals surface area contributed by atoms with Crippen LogP contribution in [-0.2, 0) is 0 Å². The molecule has 2 nitrogen and oxygen atoms in total. The van der Waals surface area contributed by atoms with Crippen LogP contribution in [0.4, 0.5) is 0 Å². The standard InChI is InChI=1S/C11H24N2/c1-11(2)12-7-3-4-8-13-9-5-6-10-13/h11-12H,3-10H2,1-2H3. The second kappa shape index (κ2) is 6.39. The predicted molar refractivity (Wildman–Crippen MR) is 58.0 cm³/mol. The van der Waals surface area contributed by atoms with Crippen molar-refractivity contribution in [2.45, 2.75) is 45.6 Å². The topological polar surface area (TPSA) is 15.3 Å². The summed E-state index contributed by atoms with van der Waals surface area (Å²) in [6.45, 7) is 9.61. The third kappa shape index (κ3) is 5.27. The van der Waals surface area contributed by atoms with Crippen molar-refractivity contribution in [3.63, 3.8) is 0 Å². The first-order valence-electron chi connectivity index (χ1n) is 5.75. The third-order valence-corrected chi connectivity index (χ3v) is 2.65. The minimum Gasteiger partial charge on any atom is -0.315 e. The van der Waals surface area contributed by atoms with Crippen molar-refractivity contribution >= 4 is 0 Å². The van der Waals surface area contributed by atoms with Gasteiger partial charge in [-0.05, 0) is 51.9 Å². The van der Waals surface area contributed by atoms with Crippen LogP contribution in [0.15, 0.2) is 0 Å². The van der Waals surface area contributed by atoms with Crippen molar-refractivity contribution in [3.05, 3.63) is 0 Å². The van der Waals surface area contributed by atoms with E-state index in [-0.39, 0.29) is 0 Å². The van der Waals surface area contributed by atoms with Gasteiger partial charge in [-0.3, -0.25) is 0 Å². The summed E-state index contributed by atoms with van der Waals surface area (Å²) in [5, 5.41) is 3.45. The number of likely N-dealkylation sites (tertiary alicyclic amines) is 1. The third-order valence-electron chi connectivity index (χ3n) is 2.65. The maximum Gasteiger partial charge on any atom is 0.00103 e. The molecule has 78 valence electrons. The average molecular weight is 184 g/mol. The molecule has 13 heavy (non-hydrogen) atoms. The summed E-state index contributed by atoms with van der Waals surface area (Å²) in [4.78, 5) is 2.59. The first-order valence-corrected chi connectivity index (χ1v) is 5.75. The van der Waals surface area contributed by atoms with Crippen LogP contribution in [0.1, 0.15) is 39.5 Å². The Labute approximate surface area is 82.7 Å². The smallest absolute Gasteiger partial charge is 0.00103 e. The molecule has 1 saturated heterocycles. The van der Waals surface area contributed by atoms with Crippen LogP contribution in [-0.4, -0.2) is 37.1 Å². The fourth-order valence-corrected chi connectivity index (χ4v) is 1.86. The molecule has 1 fully saturated rings. The quantitative estimate of drug-likeness (QED) is 0.634. The second-order valence-electron chi connectivity index (χ2n) is 4.36. The molecule has 0 atom stereocenters. The molecule has 1 N–H and O–H groups in total. The molecule has 0 spiro atoms. The molecule has 0 amide bonds. The number of nitrogens with one attached hydrogen (secondary N) is 1. The molecule has 0 aromatic rings. The fourth-order valence-electron chi connectivity index (χ4n) is 1.86. The molecule has 1 aliphatic rings. The Morgan fingerprint density at radius 3 is 2.46 bits per heavy atom. The zero-order chi connectivity index (χ0) is 9.52. The van der Waals surface area contributed by atoms with Crippen LogP contribution in [0.2, 0.25) is 0 Å². The molecule has 0 aromatic heterocycles. The largest absolute Gasteiger partial charge is 0.315 e. The van der Waals surface area contributed by atoms with Crippen molar-refractivity contribution in [3.8, 4) is 0 Å². The highest BCUT2D eigenvalue weighted by molar-refractivity contribution is 4.66. The van der Waals surface area contributed by atoms with E-state index in [1.165, 1.54) is 51.9 Å². The maximum atomic E-state index is 3.45. The van der Waals surface area contributed by atoms with Crippen molar-refractivity contribution in [1.82, 2.24) is 10.2 Å². The molecule has 0 aliphatic carbocycles. The van der Waals surface area contributed by atoms with Gasteiger partial charge in [0.1, 0.15) is 0 Å². The minimum atomic E-state index is 0.645. The number of unbranched alkanes of at least 4 members (excludes halogenated alkanes) is 1. The summed E-state index contributed by atoms with van der Waals surface area (Å²) in [7, 11) is 0. The van der Waals surface area contributed by atoms with Crippen molar-refractivity contribution in [2.75, 3.05) is 26.2 Å². The van der Waals surface area contributed by atoms with E-state index in [0.29, 0.717) is 6.04 Å². The Morgan fingerprint density at radius 2 is 1.85 bits per heavy atom. The van der Waals surface area contributed by atoms with Gasteiger partial charge < -0.3 is 10.2 Å². The number of nitrogens with zero attached hydrogens (tertiary/aromatic N) is 1. The Kier molecular flexibility index (Phi) is 5.40. The SMILES string of the molecule is CC(C)NCCCCN1CCCC1. The fraction of sp³-hybridized carbons (Fsp3) is 1.00. The number of rotatable bonds is 6. The minimum absolute atomic E-state index is 0.645. The summed E-state index contributed by atoms with van der Waals surface area (Å²) in [5.41, 5.74) is 0. The van der Waals surface area contributed by atoms with Gasteiger partial charge in [-0.1, -0.05) is 13.8 Å². The van der Waals surface area contributed by atoms with E-state index < -0.39 is 0 Å².